The lowest BCUT2D eigenvalue weighted by atomic mass is 10.1. The molecule has 0 bridgehead atoms. The van der Waals surface area contributed by atoms with E-state index in [1.807, 2.05) is 28.9 Å². The predicted molar refractivity (Wildman–Crippen MR) is 150 cm³/mol. The van der Waals surface area contributed by atoms with Crippen molar-refractivity contribution in [2.75, 3.05) is 25.5 Å². The minimum atomic E-state index is -0.0414. The fraction of sp³-hybridized carbons (Fsp3) is 0.400. The minimum absolute atomic E-state index is 0.0414. The molecule has 2 aromatic heterocycles. The summed E-state index contributed by atoms with van der Waals surface area (Å²) in [5, 5.41) is 8.85. The Balaban J connectivity index is 1.38. The Hall–Kier alpha value is -3.78. The number of nitrogens with one attached hydrogen (secondary N) is 1. The van der Waals surface area contributed by atoms with Gasteiger partial charge in [0.15, 0.2) is 17.3 Å². The molecule has 8 nitrogen and oxygen atoms in total. The van der Waals surface area contributed by atoms with Crippen molar-refractivity contribution >= 4 is 22.6 Å². The second-order valence-electron chi connectivity index (χ2n) is 9.96. The van der Waals surface area contributed by atoms with Gasteiger partial charge in [-0.1, -0.05) is 49.7 Å². The van der Waals surface area contributed by atoms with Gasteiger partial charge < -0.3 is 10.1 Å². The molecule has 1 aliphatic heterocycles. The molecular formula is C30H36N6O2. The molecule has 3 heterocycles. The maximum absolute atomic E-state index is 12.9. The molecule has 198 valence electrons. The Kier molecular flexibility index (Phi) is 8.28. The maximum atomic E-state index is 12.9. The molecule has 38 heavy (non-hydrogen) atoms. The Morgan fingerprint density at radius 2 is 1.63 bits per heavy atom. The summed E-state index contributed by atoms with van der Waals surface area (Å²) in [6.07, 6.45) is 6.58. The molecule has 2 aromatic carbocycles. The summed E-state index contributed by atoms with van der Waals surface area (Å²) in [7, 11) is 1.66. The number of nitrogens with zero attached hydrogens (tertiary/aromatic N) is 5. The van der Waals surface area contributed by atoms with Crippen LogP contribution in [-0.4, -0.2) is 50.6 Å². The average molecular weight is 513 g/mol. The van der Waals surface area contributed by atoms with E-state index in [2.05, 4.69) is 56.5 Å². The fourth-order valence-electron chi connectivity index (χ4n) is 4.83. The first-order valence-corrected chi connectivity index (χ1v) is 13.6. The highest BCUT2D eigenvalue weighted by atomic mass is 16.5. The number of aromatic nitrogens is 4. The number of hydrogen-bond donors (Lipinski definition) is 1. The molecule has 0 unspecified atom stereocenters. The number of rotatable bonds is 12. The number of hydrogen-bond acceptors (Lipinski definition) is 7. The van der Waals surface area contributed by atoms with Gasteiger partial charge in [0, 0.05) is 19.5 Å². The van der Waals surface area contributed by atoms with Crippen LogP contribution in [-0.2, 0) is 19.6 Å². The summed E-state index contributed by atoms with van der Waals surface area (Å²) in [5.74, 6) is 1.64. The zero-order chi connectivity index (χ0) is 26.3. The number of anilines is 1. The van der Waals surface area contributed by atoms with E-state index in [9.17, 15) is 4.79 Å². The number of ketones is 1. The second-order valence-corrected chi connectivity index (χ2v) is 9.96. The highest BCUT2D eigenvalue weighted by Gasteiger charge is 2.18. The molecule has 0 spiro atoms. The largest absolute Gasteiger partial charge is 0.497 e. The number of carbonyl (C=O) groups excluding carboxylic acids is 1. The molecule has 1 N–H and O–H groups in total. The van der Waals surface area contributed by atoms with Crippen molar-refractivity contribution < 1.29 is 9.53 Å². The van der Waals surface area contributed by atoms with E-state index in [-0.39, 0.29) is 11.6 Å². The number of Topliss-reactive ketones (excluding diaryl/α,β-unsaturated/α-hetero) is 1. The summed E-state index contributed by atoms with van der Waals surface area (Å²) < 4.78 is 7.12. The molecule has 5 rings (SSSR count). The highest BCUT2D eigenvalue weighted by molar-refractivity contribution is 5.96. The Bertz CT molecular complexity index is 1360. The molecule has 0 atom stereocenters. The van der Waals surface area contributed by atoms with Crippen molar-refractivity contribution in [1.82, 2.24) is 24.6 Å². The topological polar surface area (TPSA) is 85.2 Å². The zero-order valence-corrected chi connectivity index (χ0v) is 22.3. The number of benzene rings is 2. The van der Waals surface area contributed by atoms with E-state index in [0.717, 1.165) is 41.6 Å². The number of ether oxygens (including phenoxy) is 1. The van der Waals surface area contributed by atoms with Crippen LogP contribution in [0.4, 0.5) is 5.82 Å². The van der Waals surface area contributed by atoms with Crippen molar-refractivity contribution in [3.63, 3.8) is 0 Å². The third-order valence-corrected chi connectivity index (χ3v) is 7.08. The van der Waals surface area contributed by atoms with Crippen molar-refractivity contribution in [1.29, 1.82) is 0 Å². The van der Waals surface area contributed by atoms with Crippen molar-refractivity contribution in [3.8, 4) is 5.75 Å². The van der Waals surface area contributed by atoms with Crippen LogP contribution in [0.3, 0.4) is 0 Å². The van der Waals surface area contributed by atoms with Crippen LogP contribution in [0.15, 0.2) is 54.7 Å². The van der Waals surface area contributed by atoms with Crippen LogP contribution < -0.4 is 10.1 Å². The highest BCUT2D eigenvalue weighted by Crippen LogP contribution is 2.23. The van der Waals surface area contributed by atoms with Gasteiger partial charge in [0.25, 0.3) is 0 Å². The number of methoxy groups -OCH3 is 1. The lowest BCUT2D eigenvalue weighted by molar-refractivity contribution is 0.0970. The fourth-order valence-corrected chi connectivity index (χ4v) is 4.83. The van der Waals surface area contributed by atoms with Gasteiger partial charge in [0.05, 0.1) is 25.2 Å². The molecule has 0 saturated carbocycles. The van der Waals surface area contributed by atoms with Crippen LogP contribution in [0.5, 0.6) is 5.75 Å². The van der Waals surface area contributed by atoms with E-state index in [4.69, 9.17) is 4.74 Å². The minimum Gasteiger partial charge on any atom is -0.497 e. The van der Waals surface area contributed by atoms with Crippen LogP contribution in [0.25, 0.3) is 11.0 Å². The quantitative estimate of drug-likeness (QED) is 0.252. The average Bonchev–Trinajstić information content (AvgIpc) is 3.62. The summed E-state index contributed by atoms with van der Waals surface area (Å²) in [4.78, 5) is 24.7. The smallest absolute Gasteiger partial charge is 0.200 e. The number of likely N-dealkylation sites (tertiary alicyclic amines) is 1. The van der Waals surface area contributed by atoms with Crippen LogP contribution >= 0.6 is 0 Å². The first-order valence-electron chi connectivity index (χ1n) is 13.6. The molecule has 0 radical (unpaired) electrons. The monoisotopic (exact) mass is 512 g/mol. The summed E-state index contributed by atoms with van der Waals surface area (Å²) in [5.41, 5.74) is 4.22. The van der Waals surface area contributed by atoms with Gasteiger partial charge in [-0.15, -0.1) is 0 Å². The zero-order valence-electron chi connectivity index (χ0n) is 22.3. The van der Waals surface area contributed by atoms with Gasteiger partial charge in [-0.05, 0) is 61.2 Å². The first-order chi connectivity index (χ1) is 18.6. The van der Waals surface area contributed by atoms with Crippen LogP contribution in [0.2, 0.25) is 0 Å². The van der Waals surface area contributed by atoms with Gasteiger partial charge >= 0.3 is 0 Å². The second kappa shape index (κ2) is 12.2. The first kappa shape index (κ1) is 25.9. The Morgan fingerprint density at radius 1 is 0.947 bits per heavy atom. The van der Waals surface area contributed by atoms with Crippen LogP contribution in [0, 0.1) is 0 Å². The number of carbonyl (C=O) groups is 1. The molecule has 8 heteroatoms. The number of fused-ring (bicyclic) bond motifs is 1. The normalized spacial score (nSPS) is 13.7. The number of unbranched alkanes of at least 4 members (excludes halogenated alkanes) is 1. The molecule has 0 amide bonds. The summed E-state index contributed by atoms with van der Waals surface area (Å²) >= 11 is 0. The lowest BCUT2D eigenvalue weighted by Gasteiger charge is -2.14. The van der Waals surface area contributed by atoms with Crippen LogP contribution in [0.1, 0.15) is 66.3 Å². The summed E-state index contributed by atoms with van der Waals surface area (Å²) in [6.45, 7) is 6.59. The third kappa shape index (κ3) is 6.19. The maximum Gasteiger partial charge on any atom is 0.200 e. The molecule has 1 saturated heterocycles. The van der Waals surface area contributed by atoms with E-state index in [0.29, 0.717) is 31.0 Å². The van der Waals surface area contributed by atoms with E-state index >= 15 is 0 Å². The van der Waals surface area contributed by atoms with Gasteiger partial charge in [-0.25, -0.2) is 14.6 Å². The third-order valence-electron chi connectivity index (χ3n) is 7.08. The summed E-state index contributed by atoms with van der Waals surface area (Å²) in [6, 6.07) is 16.6. The Labute approximate surface area is 224 Å². The SMILES string of the molecule is CCCCC(=O)c1nc(NCc2ccc(OC)cc2)c2cnn(Cc3ccc(CN4CCCC4)cc3)c2n1. The molecule has 1 fully saturated rings. The lowest BCUT2D eigenvalue weighted by Crippen LogP contribution is -2.18. The van der Waals surface area contributed by atoms with E-state index in [1.54, 1.807) is 13.3 Å². The van der Waals surface area contributed by atoms with Crippen molar-refractivity contribution in [2.45, 2.75) is 58.7 Å². The van der Waals surface area contributed by atoms with E-state index < -0.39 is 0 Å². The predicted octanol–water partition coefficient (Wildman–Crippen LogP) is 5.46. The van der Waals surface area contributed by atoms with Gasteiger partial charge in [-0.2, -0.15) is 5.10 Å². The molecule has 4 aromatic rings. The van der Waals surface area contributed by atoms with E-state index in [1.165, 1.54) is 31.5 Å². The molecule has 1 aliphatic rings. The Morgan fingerprint density at radius 3 is 2.32 bits per heavy atom. The standard InChI is InChI=1S/C30H36N6O2/c1-3-4-7-27(37)29-33-28(31-18-22-12-14-25(38-2)15-13-22)26-19-32-36(30(26)34-29)21-24-10-8-23(9-11-24)20-35-16-5-6-17-35/h8-15,19H,3-7,16-18,20-21H2,1-2H3,(H,31,33,34). The van der Waals surface area contributed by atoms with Gasteiger partial charge in [0.2, 0.25) is 0 Å². The van der Waals surface area contributed by atoms with Crippen molar-refractivity contribution in [2.24, 2.45) is 0 Å². The molecular weight excluding hydrogens is 476 g/mol. The van der Waals surface area contributed by atoms with Gasteiger partial charge in [-0.3, -0.25) is 9.69 Å². The van der Waals surface area contributed by atoms with Gasteiger partial charge in [0.1, 0.15) is 11.6 Å². The molecule has 0 aliphatic carbocycles. The van der Waals surface area contributed by atoms with Crippen molar-refractivity contribution in [3.05, 3.63) is 77.2 Å².